The largest absolute Gasteiger partial charge is 0.436 e. The van der Waals surface area contributed by atoms with E-state index in [2.05, 4.69) is 20.9 Å². The van der Waals surface area contributed by atoms with Gasteiger partial charge in [-0.2, -0.15) is 0 Å². The number of hydrogen-bond donors (Lipinski definition) is 0. The Labute approximate surface area is 124 Å². The van der Waals surface area contributed by atoms with Crippen molar-refractivity contribution < 1.29 is 9.13 Å². The summed E-state index contributed by atoms with van der Waals surface area (Å²) in [6, 6.07) is 16.1. The lowest BCUT2D eigenvalue weighted by Crippen LogP contribution is -1.95. The average Bonchev–Trinajstić information content (AvgIpc) is 2.49. The van der Waals surface area contributed by atoms with E-state index in [1.54, 1.807) is 18.2 Å². The summed E-state index contributed by atoms with van der Waals surface area (Å²) in [7, 11) is 0. The number of benzene rings is 2. The van der Waals surface area contributed by atoms with E-state index >= 15 is 0 Å². The average molecular weight is 332 g/mol. The Hall–Kier alpha value is -1.94. The smallest absolute Gasteiger partial charge is 0.224 e. The third-order valence-corrected chi connectivity index (χ3v) is 3.55. The molecule has 100 valence electrons. The molecule has 3 aromatic rings. The Bertz CT molecular complexity index is 760. The molecule has 1 heterocycles. The first kappa shape index (κ1) is 13.1. The quantitative estimate of drug-likeness (QED) is 0.626. The molecule has 0 unspecified atom stereocenters. The highest BCUT2D eigenvalue weighted by Gasteiger charge is 2.10. The maximum Gasteiger partial charge on any atom is 0.224 e. The van der Waals surface area contributed by atoms with Crippen molar-refractivity contribution in [1.29, 1.82) is 0 Å². The number of fused-ring (bicyclic) bond motifs is 1. The number of aromatic nitrogens is 1. The van der Waals surface area contributed by atoms with Crippen molar-refractivity contribution in [2.24, 2.45) is 0 Å². The van der Waals surface area contributed by atoms with Gasteiger partial charge in [0.25, 0.3) is 0 Å². The monoisotopic (exact) mass is 331 g/mol. The predicted molar refractivity (Wildman–Crippen MR) is 80.8 cm³/mol. The molecule has 0 bridgehead atoms. The van der Waals surface area contributed by atoms with Crippen molar-refractivity contribution in [2.75, 3.05) is 0 Å². The van der Waals surface area contributed by atoms with Gasteiger partial charge in [0.1, 0.15) is 0 Å². The van der Waals surface area contributed by atoms with Crippen LogP contribution in [0.3, 0.4) is 0 Å². The summed E-state index contributed by atoms with van der Waals surface area (Å²) < 4.78 is 19.3. The minimum Gasteiger partial charge on any atom is -0.436 e. The summed E-state index contributed by atoms with van der Waals surface area (Å²) in [5.41, 5.74) is 1.70. The molecule has 1 aromatic heterocycles. The normalized spacial score (nSPS) is 10.7. The highest BCUT2D eigenvalue weighted by atomic mass is 79.9. The lowest BCUT2D eigenvalue weighted by atomic mass is 10.2. The van der Waals surface area contributed by atoms with Crippen LogP contribution in [-0.4, -0.2) is 4.98 Å². The predicted octanol–water partition coefficient (Wildman–Crippen LogP) is 5.06. The van der Waals surface area contributed by atoms with Gasteiger partial charge in [-0.3, -0.25) is 0 Å². The van der Waals surface area contributed by atoms with Crippen molar-refractivity contribution in [3.05, 3.63) is 66.0 Å². The molecule has 0 radical (unpaired) electrons. The van der Waals surface area contributed by atoms with Crippen molar-refractivity contribution in [1.82, 2.24) is 4.98 Å². The van der Waals surface area contributed by atoms with Crippen LogP contribution in [0.4, 0.5) is 4.39 Å². The fraction of sp³-hybridized carbons (Fsp3) is 0.0625. The number of alkyl halides is 1. The molecule has 2 nitrogen and oxygen atoms in total. The first-order chi connectivity index (χ1) is 9.78. The summed E-state index contributed by atoms with van der Waals surface area (Å²) in [5, 5.41) is 1.62. The van der Waals surface area contributed by atoms with E-state index in [0.717, 1.165) is 16.5 Å². The van der Waals surface area contributed by atoms with Crippen molar-refractivity contribution in [2.45, 2.75) is 5.33 Å². The highest BCUT2D eigenvalue weighted by molar-refractivity contribution is 9.08. The van der Waals surface area contributed by atoms with Gasteiger partial charge in [0.05, 0.1) is 5.52 Å². The van der Waals surface area contributed by atoms with Crippen LogP contribution < -0.4 is 4.74 Å². The Balaban J connectivity index is 2.08. The van der Waals surface area contributed by atoms with Crippen LogP contribution in [0.15, 0.2) is 54.6 Å². The van der Waals surface area contributed by atoms with Gasteiger partial charge in [0.15, 0.2) is 11.6 Å². The minimum atomic E-state index is -0.400. The van der Waals surface area contributed by atoms with Crippen molar-refractivity contribution >= 4 is 26.8 Å². The number of nitrogens with zero attached hydrogens (tertiary/aromatic N) is 1. The summed E-state index contributed by atoms with van der Waals surface area (Å²) in [6.45, 7) is 0. The second-order valence-corrected chi connectivity index (χ2v) is 4.87. The summed E-state index contributed by atoms with van der Waals surface area (Å²) in [4.78, 5) is 4.46. The van der Waals surface area contributed by atoms with Crippen LogP contribution in [0.25, 0.3) is 10.9 Å². The molecule has 0 fully saturated rings. The molecule has 20 heavy (non-hydrogen) atoms. The lowest BCUT2D eigenvalue weighted by molar-refractivity contribution is 0.426. The van der Waals surface area contributed by atoms with Gasteiger partial charge in [-0.1, -0.05) is 46.3 Å². The van der Waals surface area contributed by atoms with Gasteiger partial charge in [-0.25, -0.2) is 9.37 Å². The van der Waals surface area contributed by atoms with E-state index in [1.165, 1.54) is 6.07 Å². The molecule has 0 saturated carbocycles. The van der Waals surface area contributed by atoms with Crippen LogP contribution in [0.2, 0.25) is 0 Å². The van der Waals surface area contributed by atoms with Crippen LogP contribution in [0.5, 0.6) is 11.6 Å². The molecule has 4 heteroatoms. The number of pyridine rings is 1. The molecule has 0 amide bonds. The second kappa shape index (κ2) is 5.59. The number of ether oxygens (including phenoxy) is 1. The third kappa shape index (κ3) is 2.51. The summed E-state index contributed by atoms with van der Waals surface area (Å²) in [6.07, 6.45) is 0. The molecule has 0 aliphatic heterocycles. The van der Waals surface area contributed by atoms with Gasteiger partial charge in [0, 0.05) is 16.3 Å². The zero-order valence-electron chi connectivity index (χ0n) is 10.5. The molecule has 0 atom stereocenters. The zero-order valence-corrected chi connectivity index (χ0v) is 12.1. The van der Waals surface area contributed by atoms with Crippen LogP contribution in [0.1, 0.15) is 5.56 Å². The number of para-hydroxylation sites is 2. The Morgan fingerprint density at radius 2 is 1.80 bits per heavy atom. The molecule has 0 saturated heterocycles. The molecule has 0 aliphatic rings. The van der Waals surface area contributed by atoms with Crippen molar-refractivity contribution in [3.8, 4) is 11.6 Å². The Morgan fingerprint density at radius 1 is 1.05 bits per heavy atom. The van der Waals surface area contributed by atoms with Gasteiger partial charge >= 0.3 is 0 Å². The molecule has 0 N–H and O–H groups in total. The molecule has 0 spiro atoms. The van der Waals surface area contributed by atoms with Crippen LogP contribution in [-0.2, 0) is 5.33 Å². The first-order valence-corrected chi connectivity index (χ1v) is 7.27. The van der Waals surface area contributed by atoms with E-state index < -0.39 is 5.82 Å². The number of hydrogen-bond acceptors (Lipinski definition) is 2. The van der Waals surface area contributed by atoms with Crippen LogP contribution >= 0.6 is 15.9 Å². The SMILES string of the molecule is Fc1ccccc1Oc1nc2ccccc2cc1CBr. The number of halogens is 2. The zero-order chi connectivity index (χ0) is 13.9. The Kier molecular flexibility index (Phi) is 3.65. The minimum absolute atomic E-state index is 0.178. The lowest BCUT2D eigenvalue weighted by Gasteiger charge is -2.10. The van der Waals surface area contributed by atoms with Gasteiger partial charge in [-0.15, -0.1) is 0 Å². The molecule has 0 aliphatic carbocycles. The highest BCUT2D eigenvalue weighted by Crippen LogP contribution is 2.29. The van der Waals surface area contributed by atoms with Gasteiger partial charge < -0.3 is 4.74 Å². The van der Waals surface area contributed by atoms with Crippen LogP contribution in [0, 0.1) is 5.82 Å². The molecular weight excluding hydrogens is 321 g/mol. The summed E-state index contributed by atoms with van der Waals surface area (Å²) >= 11 is 3.41. The maximum atomic E-state index is 13.7. The maximum absolute atomic E-state index is 13.7. The number of rotatable bonds is 3. The van der Waals surface area contributed by atoms with Gasteiger partial charge in [-0.05, 0) is 24.3 Å². The molecule has 2 aromatic carbocycles. The third-order valence-electron chi connectivity index (χ3n) is 2.95. The first-order valence-electron chi connectivity index (χ1n) is 6.15. The van der Waals surface area contributed by atoms with E-state index in [4.69, 9.17) is 4.74 Å². The van der Waals surface area contributed by atoms with Crippen molar-refractivity contribution in [3.63, 3.8) is 0 Å². The Morgan fingerprint density at radius 3 is 2.60 bits per heavy atom. The molecular formula is C16H11BrFNO. The van der Waals surface area contributed by atoms with E-state index in [1.807, 2.05) is 30.3 Å². The topological polar surface area (TPSA) is 22.1 Å². The van der Waals surface area contributed by atoms with E-state index in [9.17, 15) is 4.39 Å². The molecule has 3 rings (SSSR count). The second-order valence-electron chi connectivity index (χ2n) is 4.31. The fourth-order valence-corrected chi connectivity index (χ4v) is 2.36. The van der Waals surface area contributed by atoms with E-state index in [0.29, 0.717) is 11.2 Å². The van der Waals surface area contributed by atoms with Gasteiger partial charge in [0.2, 0.25) is 5.88 Å². The summed E-state index contributed by atoms with van der Waals surface area (Å²) in [5.74, 6) is 0.200. The fourth-order valence-electron chi connectivity index (χ4n) is 1.96. The van der Waals surface area contributed by atoms with E-state index in [-0.39, 0.29) is 5.75 Å². The standard InChI is InChI=1S/C16H11BrFNO/c17-10-12-9-11-5-1-3-7-14(11)19-16(12)20-15-8-4-2-6-13(15)18/h1-9H,10H2.